The van der Waals surface area contributed by atoms with Crippen molar-refractivity contribution in [3.05, 3.63) is 57.1 Å². The first-order valence-electron chi connectivity index (χ1n) is 7.31. The zero-order valence-corrected chi connectivity index (χ0v) is 14.1. The summed E-state index contributed by atoms with van der Waals surface area (Å²) in [6, 6.07) is 5.93. The smallest absolute Gasteiger partial charge is 0.311 e. The van der Waals surface area contributed by atoms with Crippen LogP contribution in [-0.2, 0) is 20.7 Å². The van der Waals surface area contributed by atoms with Crippen molar-refractivity contribution in [2.45, 2.75) is 13.3 Å². The Kier molecular flexibility index (Phi) is 6.35. The Morgan fingerprint density at radius 1 is 1.44 bits per heavy atom. The molecule has 0 aliphatic carbocycles. The maximum atomic E-state index is 11.9. The molecule has 1 aromatic heterocycles. The van der Waals surface area contributed by atoms with E-state index in [1.165, 1.54) is 41.7 Å². The Balaban J connectivity index is 1.94. The third kappa shape index (κ3) is 5.81. The van der Waals surface area contributed by atoms with E-state index in [0.29, 0.717) is 23.0 Å². The fraction of sp³-hybridized carbons (Fsp3) is 0.188. The highest BCUT2D eigenvalue weighted by Crippen LogP contribution is 2.17. The third-order valence-corrected chi connectivity index (χ3v) is 3.73. The van der Waals surface area contributed by atoms with E-state index in [1.54, 1.807) is 18.4 Å². The molecule has 2 rings (SSSR count). The van der Waals surface area contributed by atoms with E-state index < -0.39 is 10.8 Å². The molecule has 8 nitrogen and oxygen atoms in total. The quantitative estimate of drug-likeness (QED) is 0.351. The van der Waals surface area contributed by atoms with Crippen LogP contribution in [0.5, 0.6) is 0 Å². The van der Waals surface area contributed by atoms with Crippen molar-refractivity contribution in [2.24, 2.45) is 0 Å². The van der Waals surface area contributed by atoms with E-state index in [2.05, 4.69) is 10.3 Å². The van der Waals surface area contributed by atoms with Gasteiger partial charge in [-0.05, 0) is 18.6 Å². The van der Waals surface area contributed by atoms with E-state index in [-0.39, 0.29) is 18.1 Å². The lowest BCUT2D eigenvalue weighted by molar-refractivity contribution is -0.384. The second-order valence-electron chi connectivity index (χ2n) is 4.80. The molecule has 0 fully saturated rings. The number of carbonyl (C=O) groups excluding carboxylic acids is 2. The molecule has 0 bridgehead atoms. The maximum Gasteiger partial charge on any atom is 0.311 e. The van der Waals surface area contributed by atoms with Crippen LogP contribution in [0.15, 0.2) is 35.7 Å². The highest BCUT2D eigenvalue weighted by molar-refractivity contribution is 7.14. The van der Waals surface area contributed by atoms with Gasteiger partial charge in [-0.1, -0.05) is 12.1 Å². The minimum atomic E-state index is -0.502. The van der Waals surface area contributed by atoms with Crippen LogP contribution < -0.4 is 5.32 Å². The normalized spacial score (nSPS) is 10.6. The number of thiazole rings is 1. The summed E-state index contributed by atoms with van der Waals surface area (Å²) in [5, 5.41) is 15.3. The van der Waals surface area contributed by atoms with Crippen LogP contribution >= 0.6 is 11.3 Å². The van der Waals surface area contributed by atoms with Crippen LogP contribution in [0.4, 0.5) is 10.8 Å². The number of amides is 1. The molecule has 9 heteroatoms. The lowest BCUT2D eigenvalue weighted by Crippen LogP contribution is -2.09. The van der Waals surface area contributed by atoms with Gasteiger partial charge in [0.2, 0.25) is 5.91 Å². The molecule has 25 heavy (non-hydrogen) atoms. The number of nitro groups is 1. The van der Waals surface area contributed by atoms with Crippen molar-refractivity contribution in [1.82, 2.24) is 4.98 Å². The number of hydrogen-bond donors (Lipinski definition) is 1. The molecule has 0 unspecified atom stereocenters. The SMILES string of the molecule is CCOC(=O)Cc1csc(NC(=O)/C=C\c2cccc([N+](=O)[O-])c2)n1. The molecule has 0 atom stereocenters. The van der Waals surface area contributed by atoms with E-state index in [9.17, 15) is 19.7 Å². The summed E-state index contributed by atoms with van der Waals surface area (Å²) in [5.41, 5.74) is 0.999. The number of esters is 1. The van der Waals surface area contributed by atoms with Crippen molar-refractivity contribution in [1.29, 1.82) is 0 Å². The average Bonchev–Trinajstić information content (AvgIpc) is 3.00. The largest absolute Gasteiger partial charge is 0.466 e. The molecule has 0 aliphatic heterocycles. The van der Waals surface area contributed by atoms with Gasteiger partial charge in [-0.15, -0.1) is 11.3 Å². The van der Waals surface area contributed by atoms with Crippen molar-refractivity contribution in [2.75, 3.05) is 11.9 Å². The van der Waals surface area contributed by atoms with Crippen molar-refractivity contribution in [3.8, 4) is 0 Å². The standard InChI is InChI=1S/C16H15N3O5S/c1-2-24-15(21)9-12-10-25-16(17-12)18-14(20)7-6-11-4-3-5-13(8-11)19(22)23/h3-8,10H,2,9H2,1H3,(H,17,18,20)/b7-6-. The highest BCUT2D eigenvalue weighted by Gasteiger charge is 2.09. The minimum absolute atomic E-state index is 0.0454. The minimum Gasteiger partial charge on any atom is -0.466 e. The van der Waals surface area contributed by atoms with Gasteiger partial charge < -0.3 is 4.74 Å². The summed E-state index contributed by atoms with van der Waals surface area (Å²) in [6.45, 7) is 2.02. The molecule has 0 spiro atoms. The topological polar surface area (TPSA) is 111 Å². The summed E-state index contributed by atoms with van der Waals surface area (Å²) in [6.07, 6.45) is 2.77. The maximum absolute atomic E-state index is 11.9. The molecule has 1 N–H and O–H groups in total. The van der Waals surface area contributed by atoms with Gasteiger partial charge in [0.15, 0.2) is 5.13 Å². The zero-order chi connectivity index (χ0) is 18.2. The van der Waals surface area contributed by atoms with Gasteiger partial charge in [0, 0.05) is 23.6 Å². The average molecular weight is 361 g/mol. The molecule has 0 aliphatic rings. The number of nitrogens with one attached hydrogen (secondary N) is 1. The van der Waals surface area contributed by atoms with Crippen LogP contribution in [0.3, 0.4) is 0 Å². The number of nitrogens with zero attached hydrogens (tertiary/aromatic N) is 2. The summed E-state index contributed by atoms with van der Waals surface area (Å²) >= 11 is 1.19. The predicted octanol–water partition coefficient (Wildman–Crippen LogP) is 2.81. The number of non-ortho nitro benzene ring substituents is 1. The molecule has 0 saturated heterocycles. The third-order valence-electron chi connectivity index (χ3n) is 2.92. The van der Waals surface area contributed by atoms with Crippen LogP contribution in [0, 0.1) is 10.1 Å². The van der Waals surface area contributed by atoms with Crippen LogP contribution in [0.1, 0.15) is 18.2 Å². The lowest BCUT2D eigenvalue weighted by atomic mass is 10.2. The highest BCUT2D eigenvalue weighted by atomic mass is 32.1. The Morgan fingerprint density at radius 2 is 2.24 bits per heavy atom. The van der Waals surface area contributed by atoms with Gasteiger partial charge in [0.1, 0.15) is 0 Å². The van der Waals surface area contributed by atoms with E-state index >= 15 is 0 Å². The second-order valence-corrected chi connectivity index (χ2v) is 5.66. The van der Waals surface area contributed by atoms with Crippen molar-refractivity contribution >= 4 is 40.1 Å². The number of anilines is 1. The van der Waals surface area contributed by atoms with Gasteiger partial charge in [0.25, 0.3) is 5.69 Å². The number of carbonyl (C=O) groups is 2. The number of benzene rings is 1. The first-order valence-corrected chi connectivity index (χ1v) is 8.19. The van der Waals surface area contributed by atoms with Crippen LogP contribution in [0.2, 0.25) is 0 Å². The fourth-order valence-corrected chi connectivity index (χ4v) is 2.58. The lowest BCUT2D eigenvalue weighted by Gasteiger charge is -1.98. The Bertz CT molecular complexity index is 816. The van der Waals surface area contributed by atoms with Gasteiger partial charge in [-0.2, -0.15) is 0 Å². The Morgan fingerprint density at radius 3 is 2.96 bits per heavy atom. The molecular weight excluding hydrogens is 346 g/mol. The van der Waals surface area contributed by atoms with E-state index in [0.717, 1.165) is 0 Å². The van der Waals surface area contributed by atoms with Crippen LogP contribution in [0.25, 0.3) is 6.08 Å². The molecule has 1 aromatic carbocycles. The van der Waals surface area contributed by atoms with Crippen molar-refractivity contribution in [3.63, 3.8) is 0 Å². The predicted molar refractivity (Wildman–Crippen MR) is 93.2 cm³/mol. The van der Waals surface area contributed by atoms with Gasteiger partial charge >= 0.3 is 5.97 Å². The van der Waals surface area contributed by atoms with Gasteiger partial charge in [-0.3, -0.25) is 25.0 Å². The Hall–Kier alpha value is -3.07. The van der Waals surface area contributed by atoms with E-state index in [4.69, 9.17) is 4.74 Å². The van der Waals surface area contributed by atoms with Crippen LogP contribution in [-0.4, -0.2) is 28.4 Å². The second kappa shape index (κ2) is 8.69. The molecule has 0 radical (unpaired) electrons. The monoisotopic (exact) mass is 361 g/mol. The number of hydrogen-bond acceptors (Lipinski definition) is 7. The number of aromatic nitrogens is 1. The van der Waals surface area contributed by atoms with E-state index in [1.807, 2.05) is 0 Å². The molecule has 1 amide bonds. The summed E-state index contributed by atoms with van der Waals surface area (Å²) in [4.78, 5) is 37.6. The first-order chi connectivity index (χ1) is 12.0. The molecule has 2 aromatic rings. The van der Waals surface area contributed by atoms with Crippen molar-refractivity contribution < 1.29 is 19.2 Å². The summed E-state index contributed by atoms with van der Waals surface area (Å²) in [7, 11) is 0. The molecule has 0 saturated carbocycles. The zero-order valence-electron chi connectivity index (χ0n) is 13.3. The fourth-order valence-electron chi connectivity index (χ4n) is 1.87. The summed E-state index contributed by atoms with van der Waals surface area (Å²) in [5.74, 6) is -0.806. The number of nitro benzene ring substituents is 1. The Labute approximate surface area is 147 Å². The molecular formula is C16H15N3O5S. The first kappa shape index (κ1) is 18.3. The van der Waals surface area contributed by atoms with Gasteiger partial charge in [-0.25, -0.2) is 4.98 Å². The number of ether oxygens (including phenoxy) is 1. The van der Waals surface area contributed by atoms with Gasteiger partial charge in [0.05, 0.1) is 23.6 Å². The number of rotatable bonds is 7. The molecule has 130 valence electrons. The molecule has 1 heterocycles. The summed E-state index contributed by atoms with van der Waals surface area (Å²) < 4.78 is 4.83.